The normalized spacial score (nSPS) is 14.5. The van der Waals surface area contributed by atoms with Gasteiger partial charge < -0.3 is 15.2 Å². The smallest absolute Gasteiger partial charge is 0.335 e. The lowest BCUT2D eigenvalue weighted by Crippen LogP contribution is -2.17. The summed E-state index contributed by atoms with van der Waals surface area (Å²) >= 11 is 1.59. The van der Waals surface area contributed by atoms with Crippen molar-refractivity contribution < 1.29 is 14.6 Å². The number of benzene rings is 2. The number of carboxylic acid groups (broad SMARTS) is 1. The van der Waals surface area contributed by atoms with E-state index in [1.807, 2.05) is 24.3 Å². The first-order valence-electron chi connectivity index (χ1n) is 10.9. The number of carboxylic acids is 1. The first-order valence-corrected chi connectivity index (χ1v) is 11.9. The maximum Gasteiger partial charge on any atom is 0.335 e. The van der Waals surface area contributed by atoms with Crippen LogP contribution in [0.4, 0.5) is 5.69 Å². The van der Waals surface area contributed by atoms with Gasteiger partial charge in [0.05, 0.1) is 5.56 Å². The zero-order chi connectivity index (χ0) is 22.3. The van der Waals surface area contributed by atoms with Crippen molar-refractivity contribution in [1.29, 1.82) is 0 Å². The molecule has 0 amide bonds. The summed E-state index contributed by atoms with van der Waals surface area (Å²) in [5.74, 6) is 0.396. The van der Waals surface area contributed by atoms with E-state index in [1.165, 1.54) is 25.7 Å². The van der Waals surface area contributed by atoms with Crippen LogP contribution in [-0.4, -0.2) is 32.0 Å². The van der Waals surface area contributed by atoms with Gasteiger partial charge in [-0.1, -0.05) is 74.7 Å². The molecule has 2 N–H and O–H groups in total. The molecule has 2 heterocycles. The Kier molecular flexibility index (Phi) is 7.21. The Morgan fingerprint density at radius 2 is 1.84 bits per heavy atom. The molecule has 3 aromatic rings. The SMILES string of the molecule is CCCCCCCSc1nnc2c(n1)OC(c1ccc(C(=O)O)cc1)Nc1ccccc1-2. The highest BCUT2D eigenvalue weighted by Crippen LogP contribution is 2.39. The summed E-state index contributed by atoms with van der Waals surface area (Å²) in [5, 5.41) is 21.9. The molecule has 0 saturated heterocycles. The highest BCUT2D eigenvalue weighted by atomic mass is 32.2. The van der Waals surface area contributed by atoms with E-state index < -0.39 is 12.2 Å². The van der Waals surface area contributed by atoms with Crippen molar-refractivity contribution in [2.75, 3.05) is 11.1 Å². The number of thioether (sulfide) groups is 1. The molecule has 4 rings (SSSR count). The van der Waals surface area contributed by atoms with Crippen LogP contribution < -0.4 is 10.1 Å². The lowest BCUT2D eigenvalue weighted by molar-refractivity contribution is 0.0696. The molecule has 7 nitrogen and oxygen atoms in total. The van der Waals surface area contributed by atoms with Crippen molar-refractivity contribution in [2.45, 2.75) is 50.4 Å². The number of unbranched alkanes of at least 4 members (excludes halogenated alkanes) is 4. The largest absolute Gasteiger partial charge is 0.478 e. The van der Waals surface area contributed by atoms with Gasteiger partial charge in [-0.3, -0.25) is 0 Å². The molecule has 1 aliphatic heterocycles. The molecule has 2 aromatic carbocycles. The van der Waals surface area contributed by atoms with Gasteiger partial charge in [-0.15, -0.1) is 10.2 Å². The van der Waals surface area contributed by atoms with Crippen LogP contribution in [0.25, 0.3) is 11.3 Å². The molecule has 1 aromatic heterocycles. The molecule has 8 heteroatoms. The van der Waals surface area contributed by atoms with Crippen LogP contribution in [0.2, 0.25) is 0 Å². The van der Waals surface area contributed by atoms with Crippen LogP contribution in [0.5, 0.6) is 5.88 Å². The molecule has 0 aliphatic carbocycles. The minimum absolute atomic E-state index is 0.227. The second kappa shape index (κ2) is 10.5. The number of aromatic carboxylic acids is 1. The summed E-state index contributed by atoms with van der Waals surface area (Å²) in [6.45, 7) is 2.21. The lowest BCUT2D eigenvalue weighted by Gasteiger charge is -2.19. The van der Waals surface area contributed by atoms with Crippen LogP contribution in [0.15, 0.2) is 53.7 Å². The second-order valence-electron chi connectivity index (χ2n) is 7.63. The molecular formula is C24H26N4O3S. The molecule has 32 heavy (non-hydrogen) atoms. The maximum absolute atomic E-state index is 11.2. The van der Waals surface area contributed by atoms with E-state index in [2.05, 4.69) is 27.4 Å². The molecule has 1 unspecified atom stereocenters. The highest BCUT2D eigenvalue weighted by molar-refractivity contribution is 7.99. The molecule has 1 aliphatic rings. The summed E-state index contributed by atoms with van der Waals surface area (Å²) in [6, 6.07) is 14.4. The van der Waals surface area contributed by atoms with Gasteiger partial charge >= 0.3 is 5.97 Å². The Hall–Kier alpha value is -3.13. The van der Waals surface area contributed by atoms with Gasteiger partial charge in [0.15, 0.2) is 11.9 Å². The molecule has 0 bridgehead atoms. The number of fused-ring (bicyclic) bond motifs is 3. The van der Waals surface area contributed by atoms with Crippen molar-refractivity contribution in [3.05, 3.63) is 59.7 Å². The minimum Gasteiger partial charge on any atom is -0.478 e. The lowest BCUT2D eigenvalue weighted by atomic mass is 10.1. The summed E-state index contributed by atoms with van der Waals surface area (Å²) in [6.07, 6.45) is 5.56. The molecule has 0 saturated carbocycles. The monoisotopic (exact) mass is 450 g/mol. The van der Waals surface area contributed by atoms with Gasteiger partial charge in [-0.05, 0) is 24.6 Å². The molecule has 1 atom stereocenters. The zero-order valence-corrected chi connectivity index (χ0v) is 18.8. The Morgan fingerprint density at radius 3 is 2.62 bits per heavy atom. The number of anilines is 1. The number of rotatable bonds is 9. The van der Waals surface area contributed by atoms with Crippen LogP contribution >= 0.6 is 11.8 Å². The minimum atomic E-state index is -0.963. The van der Waals surface area contributed by atoms with E-state index in [-0.39, 0.29) is 5.56 Å². The van der Waals surface area contributed by atoms with Crippen LogP contribution in [0.1, 0.15) is 61.2 Å². The zero-order valence-electron chi connectivity index (χ0n) is 18.0. The van der Waals surface area contributed by atoms with Crippen LogP contribution in [-0.2, 0) is 0 Å². The van der Waals surface area contributed by atoms with Gasteiger partial charge in [-0.2, -0.15) is 4.98 Å². The maximum atomic E-state index is 11.2. The third kappa shape index (κ3) is 5.19. The van der Waals surface area contributed by atoms with Crippen molar-refractivity contribution in [2.24, 2.45) is 0 Å². The number of nitrogens with zero attached hydrogens (tertiary/aromatic N) is 3. The predicted octanol–water partition coefficient (Wildman–Crippen LogP) is 5.80. The Bertz CT molecular complexity index is 1080. The van der Waals surface area contributed by atoms with E-state index in [4.69, 9.17) is 4.74 Å². The van der Waals surface area contributed by atoms with E-state index in [1.54, 1.807) is 36.0 Å². The topological polar surface area (TPSA) is 97.2 Å². The first kappa shape index (κ1) is 22.1. The molecule has 0 radical (unpaired) electrons. The van der Waals surface area contributed by atoms with E-state index in [0.717, 1.165) is 29.0 Å². The van der Waals surface area contributed by atoms with Crippen LogP contribution in [0, 0.1) is 0 Å². The number of hydrogen-bond donors (Lipinski definition) is 2. The number of carbonyl (C=O) groups is 1. The van der Waals surface area contributed by atoms with Crippen molar-refractivity contribution in [3.63, 3.8) is 0 Å². The van der Waals surface area contributed by atoms with Gasteiger partial charge in [0.1, 0.15) is 0 Å². The van der Waals surface area contributed by atoms with Crippen molar-refractivity contribution in [1.82, 2.24) is 15.2 Å². The number of ether oxygens (including phenoxy) is 1. The van der Waals surface area contributed by atoms with Crippen molar-refractivity contribution >= 4 is 23.4 Å². The highest BCUT2D eigenvalue weighted by Gasteiger charge is 2.26. The summed E-state index contributed by atoms with van der Waals surface area (Å²) in [7, 11) is 0. The Labute approximate surface area is 191 Å². The molecule has 0 fully saturated rings. The number of hydrogen-bond acceptors (Lipinski definition) is 7. The molecule has 166 valence electrons. The van der Waals surface area contributed by atoms with E-state index >= 15 is 0 Å². The standard InChI is InChI=1S/C24H26N4O3S/c1-2-3-4-5-8-15-32-24-26-22-20(27-28-24)18-9-6-7-10-19(18)25-21(31-22)16-11-13-17(14-12-16)23(29)30/h6-7,9-14,21,25H,2-5,8,15H2,1H3,(H,29,30). The average Bonchev–Trinajstić information content (AvgIpc) is 2.98. The number of aromatic nitrogens is 3. The van der Waals surface area contributed by atoms with Crippen molar-refractivity contribution in [3.8, 4) is 17.1 Å². The third-order valence-electron chi connectivity index (χ3n) is 5.27. The quantitative estimate of drug-likeness (QED) is 0.312. The fourth-order valence-electron chi connectivity index (χ4n) is 3.53. The van der Waals surface area contributed by atoms with E-state index in [9.17, 15) is 9.90 Å². The van der Waals surface area contributed by atoms with Gasteiger partial charge in [-0.25, -0.2) is 4.79 Å². The fourth-order valence-corrected chi connectivity index (χ4v) is 4.31. The predicted molar refractivity (Wildman–Crippen MR) is 125 cm³/mol. The third-order valence-corrected chi connectivity index (χ3v) is 6.20. The Morgan fingerprint density at radius 1 is 1.06 bits per heavy atom. The number of para-hydroxylation sites is 1. The van der Waals surface area contributed by atoms with Gasteiger partial charge in [0.25, 0.3) is 0 Å². The van der Waals surface area contributed by atoms with Gasteiger partial charge in [0.2, 0.25) is 11.0 Å². The summed E-state index contributed by atoms with van der Waals surface area (Å²) < 4.78 is 6.24. The van der Waals surface area contributed by atoms with Crippen LogP contribution in [0.3, 0.4) is 0 Å². The second-order valence-corrected chi connectivity index (χ2v) is 8.69. The number of nitrogens with one attached hydrogen (secondary N) is 1. The molecule has 0 spiro atoms. The first-order chi connectivity index (χ1) is 15.7. The fraction of sp³-hybridized carbons (Fsp3) is 0.333. The average molecular weight is 451 g/mol. The van der Waals surface area contributed by atoms with E-state index in [0.29, 0.717) is 16.7 Å². The van der Waals surface area contributed by atoms with Gasteiger partial charge in [0, 0.05) is 22.6 Å². The Balaban J connectivity index is 1.57. The summed E-state index contributed by atoms with van der Waals surface area (Å²) in [4.78, 5) is 15.9. The molecular weight excluding hydrogens is 424 g/mol. The summed E-state index contributed by atoms with van der Waals surface area (Å²) in [5.41, 5.74) is 3.32.